The maximum atomic E-state index is 13.4. The Balaban J connectivity index is 2.00. The van der Waals surface area contributed by atoms with E-state index < -0.39 is 11.7 Å². The highest BCUT2D eigenvalue weighted by molar-refractivity contribution is 6.04. The number of methoxy groups -OCH3 is 1. The second-order valence-corrected chi connectivity index (χ2v) is 4.61. The Morgan fingerprint density at radius 3 is 2.90 bits per heavy atom. The number of halogens is 1. The molecular weight excluding hydrogens is 259 g/mol. The first-order valence-corrected chi connectivity index (χ1v) is 6.30. The van der Waals surface area contributed by atoms with E-state index in [-0.39, 0.29) is 18.0 Å². The van der Waals surface area contributed by atoms with Crippen molar-refractivity contribution in [1.82, 2.24) is 0 Å². The summed E-state index contributed by atoms with van der Waals surface area (Å²) >= 11 is 0. The van der Waals surface area contributed by atoms with Gasteiger partial charge < -0.3 is 9.47 Å². The second-order valence-electron chi connectivity index (χ2n) is 4.61. The Bertz CT molecular complexity index is 667. The van der Waals surface area contributed by atoms with E-state index in [9.17, 15) is 9.18 Å². The van der Waals surface area contributed by atoms with Crippen LogP contribution in [-0.2, 0) is 0 Å². The van der Waals surface area contributed by atoms with Gasteiger partial charge in [-0.15, -0.1) is 0 Å². The smallest absolute Gasteiger partial charge is 0.177 e. The highest BCUT2D eigenvalue weighted by Crippen LogP contribution is 2.37. The van der Waals surface area contributed by atoms with E-state index in [1.54, 1.807) is 0 Å². The monoisotopic (exact) mass is 272 g/mol. The molecule has 1 atom stereocenters. The molecule has 1 aliphatic rings. The molecule has 3 rings (SSSR count). The summed E-state index contributed by atoms with van der Waals surface area (Å²) in [6.45, 7) is 0.276. The normalized spacial score (nSPS) is 16.4. The molecular formula is C16H13FO3. The molecule has 0 radical (unpaired) electrons. The number of ketones is 1. The number of para-hydroxylation sites is 1. The molecule has 0 fully saturated rings. The fraction of sp³-hybridized carbons (Fsp3) is 0.188. The molecule has 1 unspecified atom stereocenters. The van der Waals surface area contributed by atoms with Crippen molar-refractivity contribution in [1.29, 1.82) is 0 Å². The maximum Gasteiger partial charge on any atom is 0.177 e. The molecule has 1 heterocycles. The summed E-state index contributed by atoms with van der Waals surface area (Å²) in [5.41, 5.74) is 1.08. The van der Waals surface area contributed by atoms with Crippen LogP contribution in [0.2, 0.25) is 0 Å². The number of hydrogen-bond acceptors (Lipinski definition) is 3. The van der Waals surface area contributed by atoms with Gasteiger partial charge in [-0.1, -0.05) is 18.2 Å². The summed E-state index contributed by atoms with van der Waals surface area (Å²) < 4.78 is 24.0. The van der Waals surface area contributed by atoms with E-state index in [1.165, 1.54) is 25.3 Å². The number of benzene rings is 2. The molecule has 0 aliphatic carbocycles. The van der Waals surface area contributed by atoms with E-state index in [0.717, 1.165) is 5.56 Å². The highest BCUT2D eigenvalue weighted by Gasteiger charge is 2.32. The van der Waals surface area contributed by atoms with Crippen LogP contribution in [0.5, 0.6) is 11.5 Å². The van der Waals surface area contributed by atoms with Crippen molar-refractivity contribution in [3.8, 4) is 11.5 Å². The lowest BCUT2D eigenvalue weighted by Gasteiger charge is -2.11. The van der Waals surface area contributed by atoms with Gasteiger partial charge in [-0.25, -0.2) is 4.39 Å². The first-order valence-electron chi connectivity index (χ1n) is 6.30. The van der Waals surface area contributed by atoms with Crippen LogP contribution < -0.4 is 9.47 Å². The zero-order chi connectivity index (χ0) is 14.1. The lowest BCUT2D eigenvalue weighted by molar-refractivity contribution is 0.0944. The number of hydrogen-bond donors (Lipinski definition) is 0. The van der Waals surface area contributed by atoms with Gasteiger partial charge in [0.05, 0.1) is 18.6 Å². The number of rotatable bonds is 3. The van der Waals surface area contributed by atoms with Gasteiger partial charge in [0.2, 0.25) is 0 Å². The zero-order valence-electron chi connectivity index (χ0n) is 10.9. The third-order valence-electron chi connectivity index (χ3n) is 3.44. The van der Waals surface area contributed by atoms with Crippen LogP contribution in [0.15, 0.2) is 42.5 Å². The number of fused-ring (bicyclic) bond motifs is 1. The summed E-state index contributed by atoms with van der Waals surface area (Å²) in [5.74, 6) is 0.0246. The first kappa shape index (κ1) is 12.7. The first-order chi connectivity index (χ1) is 9.70. The van der Waals surface area contributed by atoms with Crippen molar-refractivity contribution < 1.29 is 18.7 Å². The molecule has 2 aromatic carbocycles. The Kier molecular flexibility index (Phi) is 3.14. The number of Topliss-reactive ketones (excluding diaryl/α,β-unsaturated/α-hetero) is 1. The Hall–Kier alpha value is -2.36. The van der Waals surface area contributed by atoms with Crippen molar-refractivity contribution >= 4 is 5.78 Å². The number of carbonyl (C=O) groups excluding carboxylic acids is 1. The SMILES string of the molecule is COc1ccc(F)cc1C(=O)C1COc2ccccc21. The molecule has 0 aromatic heterocycles. The standard InChI is InChI=1S/C16H13FO3/c1-19-14-7-6-10(17)8-12(14)16(18)13-9-20-15-5-3-2-4-11(13)15/h2-8,13H,9H2,1H3. The summed E-state index contributed by atoms with van der Waals surface area (Å²) in [5, 5.41) is 0. The van der Waals surface area contributed by atoms with E-state index in [1.807, 2.05) is 24.3 Å². The predicted octanol–water partition coefficient (Wildman–Crippen LogP) is 3.19. The topological polar surface area (TPSA) is 35.5 Å². The molecule has 0 N–H and O–H groups in total. The number of carbonyl (C=O) groups is 1. The van der Waals surface area contributed by atoms with Crippen molar-refractivity contribution in [2.24, 2.45) is 0 Å². The fourth-order valence-corrected chi connectivity index (χ4v) is 2.44. The minimum Gasteiger partial charge on any atom is -0.496 e. The lowest BCUT2D eigenvalue weighted by Crippen LogP contribution is -2.15. The summed E-state index contributed by atoms with van der Waals surface area (Å²) in [4.78, 5) is 12.6. The zero-order valence-corrected chi connectivity index (χ0v) is 10.9. The van der Waals surface area contributed by atoms with E-state index in [4.69, 9.17) is 9.47 Å². The molecule has 3 nitrogen and oxygen atoms in total. The van der Waals surface area contributed by atoms with E-state index >= 15 is 0 Å². The van der Waals surface area contributed by atoms with Crippen LogP contribution in [0.1, 0.15) is 21.8 Å². The molecule has 0 amide bonds. The quantitative estimate of drug-likeness (QED) is 0.805. The predicted molar refractivity (Wildman–Crippen MR) is 72.0 cm³/mol. The minimum absolute atomic E-state index is 0.189. The fourth-order valence-electron chi connectivity index (χ4n) is 2.44. The van der Waals surface area contributed by atoms with Crippen LogP contribution in [0.3, 0.4) is 0 Å². The van der Waals surface area contributed by atoms with Crippen molar-refractivity contribution in [2.45, 2.75) is 5.92 Å². The molecule has 1 aliphatic heterocycles. The van der Waals surface area contributed by atoms with Crippen molar-refractivity contribution in [3.63, 3.8) is 0 Å². The minimum atomic E-state index is -0.457. The molecule has 0 saturated heterocycles. The van der Waals surface area contributed by atoms with E-state index in [0.29, 0.717) is 11.5 Å². The van der Waals surface area contributed by atoms with Crippen LogP contribution >= 0.6 is 0 Å². The molecule has 0 spiro atoms. The Morgan fingerprint density at radius 2 is 2.10 bits per heavy atom. The van der Waals surface area contributed by atoms with Gasteiger partial charge >= 0.3 is 0 Å². The molecule has 0 saturated carbocycles. The molecule has 102 valence electrons. The Morgan fingerprint density at radius 1 is 1.30 bits per heavy atom. The van der Waals surface area contributed by atoms with Crippen LogP contribution in [0.4, 0.5) is 4.39 Å². The van der Waals surface area contributed by atoms with Gasteiger partial charge in [0.1, 0.15) is 23.9 Å². The van der Waals surface area contributed by atoms with Crippen LogP contribution in [-0.4, -0.2) is 19.5 Å². The molecule has 2 aromatic rings. The number of ether oxygens (including phenoxy) is 2. The molecule has 0 bridgehead atoms. The van der Waals surface area contributed by atoms with Crippen LogP contribution in [0, 0.1) is 5.82 Å². The average Bonchev–Trinajstić information content (AvgIpc) is 2.90. The van der Waals surface area contributed by atoms with E-state index in [2.05, 4.69) is 0 Å². The summed E-state index contributed by atoms with van der Waals surface area (Å²) in [7, 11) is 1.46. The van der Waals surface area contributed by atoms with Crippen molar-refractivity contribution in [3.05, 3.63) is 59.4 Å². The van der Waals surface area contributed by atoms with Crippen LogP contribution in [0.25, 0.3) is 0 Å². The van der Waals surface area contributed by atoms with Gasteiger partial charge in [-0.2, -0.15) is 0 Å². The summed E-state index contributed by atoms with van der Waals surface area (Å²) in [6, 6.07) is 11.3. The van der Waals surface area contributed by atoms with Crippen molar-refractivity contribution in [2.75, 3.05) is 13.7 Å². The molecule has 20 heavy (non-hydrogen) atoms. The largest absolute Gasteiger partial charge is 0.496 e. The van der Waals surface area contributed by atoms with Gasteiger partial charge in [0.15, 0.2) is 5.78 Å². The summed E-state index contributed by atoms with van der Waals surface area (Å²) in [6.07, 6.45) is 0. The maximum absolute atomic E-state index is 13.4. The van der Waals surface area contributed by atoms with Gasteiger partial charge in [-0.05, 0) is 24.3 Å². The third-order valence-corrected chi connectivity index (χ3v) is 3.44. The van der Waals surface area contributed by atoms with Gasteiger partial charge in [-0.3, -0.25) is 4.79 Å². The third kappa shape index (κ3) is 2.03. The molecule has 4 heteroatoms. The highest BCUT2D eigenvalue weighted by atomic mass is 19.1. The Labute approximate surface area is 115 Å². The van der Waals surface area contributed by atoms with Gasteiger partial charge in [0, 0.05) is 5.56 Å². The lowest BCUT2D eigenvalue weighted by atomic mass is 9.92. The van der Waals surface area contributed by atoms with Gasteiger partial charge in [0.25, 0.3) is 0 Å². The second kappa shape index (κ2) is 4.96. The average molecular weight is 272 g/mol.